The van der Waals surface area contributed by atoms with Crippen molar-refractivity contribution in [1.29, 1.82) is 0 Å². The van der Waals surface area contributed by atoms with Crippen LogP contribution in [-0.2, 0) is 4.74 Å². The third kappa shape index (κ3) is 4.44. The number of anilines is 1. The van der Waals surface area contributed by atoms with Crippen LogP contribution in [0, 0.1) is 0 Å². The molecule has 0 saturated carbocycles. The van der Waals surface area contributed by atoms with E-state index in [1.54, 1.807) is 0 Å². The van der Waals surface area contributed by atoms with E-state index in [0.717, 1.165) is 53.2 Å². The average Bonchev–Trinajstić information content (AvgIpc) is 3.78. The van der Waals surface area contributed by atoms with Gasteiger partial charge in [0.25, 0.3) is 0 Å². The number of hydrogen-bond acceptors (Lipinski definition) is 2. The number of para-hydroxylation sites is 2. The fraction of sp³-hybridized carbons (Fsp3) is 0.122. The summed E-state index contributed by atoms with van der Waals surface area (Å²) < 4.78 is 8.44. The number of benzene rings is 4. The molecule has 3 aliphatic rings. The first kappa shape index (κ1) is 26.4. The molecule has 2 N–H and O–H groups in total. The second-order valence-corrected chi connectivity index (χ2v) is 11.9. The summed E-state index contributed by atoms with van der Waals surface area (Å²) in [5.41, 5.74) is 18.3. The van der Waals surface area contributed by atoms with E-state index in [-0.39, 0.29) is 5.92 Å². The normalized spacial score (nSPS) is 17.6. The molecule has 8 rings (SSSR count). The molecular formula is C41H34N2O. The summed E-state index contributed by atoms with van der Waals surface area (Å²) in [6.45, 7) is 4.49. The lowest BCUT2D eigenvalue weighted by molar-refractivity contribution is 0.277. The first-order valence-electron chi connectivity index (χ1n) is 15.5. The predicted octanol–water partition coefficient (Wildman–Crippen LogP) is 10.5. The highest BCUT2D eigenvalue weighted by atomic mass is 16.5. The van der Waals surface area contributed by atoms with Gasteiger partial charge >= 0.3 is 0 Å². The zero-order valence-corrected chi connectivity index (χ0v) is 24.7. The van der Waals surface area contributed by atoms with Gasteiger partial charge in [0.1, 0.15) is 11.5 Å². The van der Waals surface area contributed by atoms with Gasteiger partial charge in [0.05, 0.1) is 11.0 Å². The maximum Gasteiger partial charge on any atom is 0.134 e. The maximum atomic E-state index is 6.48. The Hall–Kier alpha value is -5.28. The minimum atomic E-state index is 0.223. The number of hydrogen-bond donors (Lipinski definition) is 1. The highest BCUT2D eigenvalue weighted by Crippen LogP contribution is 2.50. The maximum absolute atomic E-state index is 6.48. The molecule has 44 heavy (non-hydrogen) atoms. The summed E-state index contributed by atoms with van der Waals surface area (Å²) in [6, 6.07) is 34.1. The van der Waals surface area contributed by atoms with E-state index < -0.39 is 0 Å². The van der Waals surface area contributed by atoms with Crippen molar-refractivity contribution in [3.05, 3.63) is 168 Å². The molecular weight excluding hydrogens is 536 g/mol. The van der Waals surface area contributed by atoms with Crippen molar-refractivity contribution in [1.82, 2.24) is 4.57 Å². The second kappa shape index (κ2) is 10.8. The third-order valence-electron chi connectivity index (χ3n) is 9.24. The molecule has 0 radical (unpaired) electrons. The molecule has 0 amide bonds. The molecule has 3 nitrogen and oxygen atoms in total. The Bertz CT molecular complexity index is 2120. The fourth-order valence-corrected chi connectivity index (χ4v) is 7.13. The summed E-state index contributed by atoms with van der Waals surface area (Å²) in [6.07, 6.45) is 15.3. The Morgan fingerprint density at radius 1 is 0.841 bits per heavy atom. The predicted molar refractivity (Wildman–Crippen MR) is 184 cm³/mol. The van der Waals surface area contributed by atoms with E-state index in [0.29, 0.717) is 0 Å². The van der Waals surface area contributed by atoms with Gasteiger partial charge in [-0.1, -0.05) is 109 Å². The quantitative estimate of drug-likeness (QED) is 0.120. The Labute approximate surface area is 258 Å². The van der Waals surface area contributed by atoms with Crippen LogP contribution in [0.1, 0.15) is 37.2 Å². The number of nitrogen functional groups attached to an aromatic ring is 1. The minimum absolute atomic E-state index is 0.223. The van der Waals surface area contributed by atoms with Crippen LogP contribution in [0.2, 0.25) is 0 Å². The lowest BCUT2D eigenvalue weighted by atomic mass is 9.82. The zero-order valence-electron chi connectivity index (χ0n) is 24.7. The number of fused-ring (bicyclic) bond motifs is 3. The summed E-state index contributed by atoms with van der Waals surface area (Å²) >= 11 is 0. The molecule has 1 atom stereocenters. The van der Waals surface area contributed by atoms with Gasteiger partial charge in [-0.2, -0.15) is 0 Å². The molecule has 1 unspecified atom stereocenters. The number of ether oxygens (including phenoxy) is 1. The lowest BCUT2D eigenvalue weighted by Gasteiger charge is -2.23. The van der Waals surface area contributed by atoms with Gasteiger partial charge in [-0.05, 0) is 72.4 Å². The van der Waals surface area contributed by atoms with Crippen molar-refractivity contribution < 1.29 is 4.74 Å². The molecule has 1 aliphatic heterocycles. The minimum Gasteiger partial charge on any atom is -0.456 e. The van der Waals surface area contributed by atoms with Gasteiger partial charge in [-0.15, -0.1) is 0 Å². The van der Waals surface area contributed by atoms with Crippen LogP contribution in [0.5, 0.6) is 0 Å². The third-order valence-corrected chi connectivity index (χ3v) is 9.24. The number of aromatic nitrogens is 1. The molecule has 0 fully saturated rings. The first-order chi connectivity index (χ1) is 21.7. The van der Waals surface area contributed by atoms with Crippen LogP contribution in [0.4, 0.5) is 5.69 Å². The number of nitrogens with two attached hydrogens (primary N) is 1. The van der Waals surface area contributed by atoms with Crippen LogP contribution < -0.4 is 5.73 Å². The zero-order chi connectivity index (χ0) is 29.6. The summed E-state index contributed by atoms with van der Waals surface area (Å²) in [5, 5.41) is 2.45. The monoisotopic (exact) mass is 570 g/mol. The van der Waals surface area contributed by atoms with Crippen LogP contribution in [0.15, 0.2) is 162 Å². The van der Waals surface area contributed by atoms with Gasteiger partial charge in [0.2, 0.25) is 0 Å². The molecule has 0 bridgehead atoms. The molecule has 4 aromatic carbocycles. The Morgan fingerprint density at radius 3 is 2.48 bits per heavy atom. The van der Waals surface area contributed by atoms with Crippen LogP contribution in [0.25, 0.3) is 38.6 Å². The largest absolute Gasteiger partial charge is 0.456 e. The van der Waals surface area contributed by atoms with Gasteiger partial charge in [-0.25, -0.2) is 0 Å². The van der Waals surface area contributed by atoms with E-state index in [9.17, 15) is 0 Å². The Balaban J connectivity index is 1.06. The van der Waals surface area contributed by atoms with E-state index in [2.05, 4.69) is 126 Å². The highest BCUT2D eigenvalue weighted by molar-refractivity contribution is 6.11. The average molecular weight is 571 g/mol. The Kier molecular flexibility index (Phi) is 6.45. The topological polar surface area (TPSA) is 40.2 Å². The van der Waals surface area contributed by atoms with E-state index in [4.69, 9.17) is 10.5 Å². The SMILES string of the molecule is C=C(/C=C\C=C1/OC2=C1CC(C(C1=CCCC1)c1ccccc1N)=C2)n1c2ccccc2c2ccc(-c3ccccc3)cc21. The van der Waals surface area contributed by atoms with Gasteiger partial charge in [0.15, 0.2) is 0 Å². The van der Waals surface area contributed by atoms with E-state index >= 15 is 0 Å². The van der Waals surface area contributed by atoms with Crippen molar-refractivity contribution in [3.63, 3.8) is 0 Å². The van der Waals surface area contributed by atoms with Crippen molar-refractivity contribution in [2.75, 3.05) is 5.73 Å². The number of rotatable bonds is 7. The molecule has 3 heteroatoms. The number of allylic oxidation sites excluding steroid dienone is 9. The van der Waals surface area contributed by atoms with Gasteiger partial charge < -0.3 is 15.0 Å². The molecule has 2 heterocycles. The molecule has 0 saturated heterocycles. The molecule has 214 valence electrons. The van der Waals surface area contributed by atoms with Crippen molar-refractivity contribution in [3.8, 4) is 11.1 Å². The summed E-state index contributed by atoms with van der Waals surface area (Å²) in [5.74, 6) is 2.15. The van der Waals surface area contributed by atoms with Crippen molar-refractivity contribution >= 4 is 33.2 Å². The van der Waals surface area contributed by atoms with Crippen LogP contribution in [0.3, 0.4) is 0 Å². The van der Waals surface area contributed by atoms with E-state index in [1.807, 2.05) is 12.1 Å². The molecule has 5 aromatic rings. The molecule has 0 spiro atoms. The molecule has 2 aliphatic carbocycles. The standard InChI is InChI=1S/C41H34N2O/c1-27(43-37-20-10-8-17-32(37)33-23-22-30(25-38(33)43)28-13-3-2-4-14-28)12-11-21-39-35-24-31(26-40(35)44-39)41(29-15-5-6-16-29)34-18-7-9-19-36(34)42/h2-4,7-15,17-23,25-26,41H,1,5-6,16,24,42H2/b12-11-,39-21-. The van der Waals surface area contributed by atoms with Crippen molar-refractivity contribution in [2.24, 2.45) is 0 Å². The molecule has 1 aromatic heterocycles. The summed E-state index contributed by atoms with van der Waals surface area (Å²) in [7, 11) is 0. The second-order valence-electron chi connectivity index (χ2n) is 11.9. The summed E-state index contributed by atoms with van der Waals surface area (Å²) in [4.78, 5) is 0. The van der Waals surface area contributed by atoms with Crippen molar-refractivity contribution in [2.45, 2.75) is 31.6 Å². The highest BCUT2D eigenvalue weighted by Gasteiger charge is 2.35. The first-order valence-corrected chi connectivity index (χ1v) is 15.5. The smallest absolute Gasteiger partial charge is 0.134 e. The van der Waals surface area contributed by atoms with Gasteiger partial charge in [0, 0.05) is 40.1 Å². The fourth-order valence-electron chi connectivity index (χ4n) is 7.13. The Morgan fingerprint density at radius 2 is 1.64 bits per heavy atom. The lowest BCUT2D eigenvalue weighted by Crippen LogP contribution is -2.09. The number of nitrogens with zero attached hydrogens (tertiary/aromatic N) is 1. The van der Waals surface area contributed by atoms with Crippen LogP contribution >= 0.6 is 0 Å². The van der Waals surface area contributed by atoms with Crippen LogP contribution in [-0.4, -0.2) is 4.57 Å². The van der Waals surface area contributed by atoms with Gasteiger partial charge in [-0.3, -0.25) is 0 Å². The van der Waals surface area contributed by atoms with E-state index in [1.165, 1.54) is 50.6 Å².